The lowest BCUT2D eigenvalue weighted by atomic mass is 9.87. The minimum absolute atomic E-state index is 0.0166. The van der Waals surface area contributed by atoms with Gasteiger partial charge in [0.1, 0.15) is 18.1 Å². The van der Waals surface area contributed by atoms with Crippen LogP contribution in [-0.2, 0) is 50.3 Å². The van der Waals surface area contributed by atoms with E-state index in [1.54, 1.807) is 47.4 Å². The number of carbonyl (C=O) groups is 9. The Bertz CT molecular complexity index is 3280. The molecule has 1 saturated carbocycles. The molecule has 0 radical (unpaired) electrons. The molecule has 23 heteroatoms. The zero-order valence-corrected chi connectivity index (χ0v) is 46.3. The SMILES string of the molecule is CCCC[C@H](NC(=O)c1cc2cc(C(F)(F)P(=O)(O)O)ccc2s1)C(=O)N1C[C@H]2C[C@H]2[C@H]1C(=O)N[C@@H](CCC(N)=O)C(=O)C[C@H](C(=O)N1CCC(CCC#Cc2cccc3c2CN(C2CCC(=O)NC2=O)C3=O)CC1)c1ccccc1. The molecule has 8 amide bonds. The van der Waals surface area contributed by atoms with Crippen LogP contribution < -0.4 is 21.7 Å². The predicted molar refractivity (Wildman–Crippen MR) is 293 cm³/mol. The van der Waals surface area contributed by atoms with Crippen molar-refractivity contribution in [1.29, 1.82) is 0 Å². The Morgan fingerprint density at radius 1 is 0.926 bits per heavy atom. The smallest absolute Gasteiger partial charge is 0.370 e. The Morgan fingerprint density at radius 2 is 1.68 bits per heavy atom. The number of nitrogens with two attached hydrogens (primary N) is 1. The summed E-state index contributed by atoms with van der Waals surface area (Å²) in [4.78, 5) is 145. The number of alkyl halides is 2. The van der Waals surface area contributed by atoms with Crippen LogP contribution in [-0.4, -0.2) is 121 Å². The molecule has 4 aliphatic heterocycles. The number of primary amides is 1. The lowest BCUT2D eigenvalue weighted by molar-refractivity contribution is -0.142. The van der Waals surface area contributed by atoms with E-state index in [0.29, 0.717) is 73.0 Å². The highest BCUT2D eigenvalue weighted by Crippen LogP contribution is 2.59. The predicted octanol–water partition coefficient (Wildman–Crippen LogP) is 5.59. The minimum Gasteiger partial charge on any atom is -0.370 e. The molecule has 0 spiro atoms. The number of benzene rings is 3. The van der Waals surface area contributed by atoms with Crippen LogP contribution in [0.1, 0.15) is 139 Å². The van der Waals surface area contributed by atoms with Crippen molar-refractivity contribution in [3.8, 4) is 11.8 Å². The fraction of sp³-hybridized carbons (Fsp3) is 0.466. The lowest BCUT2D eigenvalue weighted by Gasteiger charge is -2.34. The average Bonchev–Trinajstić information content (AvgIpc) is 3.77. The first-order valence-corrected chi connectivity index (χ1v) is 29.9. The van der Waals surface area contributed by atoms with Gasteiger partial charge in [0.25, 0.3) is 11.8 Å². The molecule has 4 fully saturated rings. The molecule has 9 rings (SSSR count). The molecule has 1 unspecified atom stereocenters. The third-order valence-corrected chi connectivity index (χ3v) is 18.4. The molecular formula is C58H64F2N7O12PS. The van der Waals surface area contributed by atoms with Gasteiger partial charge in [0, 0.05) is 73.3 Å². The molecule has 3 aromatic carbocycles. The van der Waals surface area contributed by atoms with E-state index in [4.69, 9.17) is 5.73 Å². The van der Waals surface area contributed by atoms with Crippen LogP contribution in [0.2, 0.25) is 0 Å². The number of hydrogen-bond acceptors (Lipinski definition) is 11. The highest BCUT2D eigenvalue weighted by atomic mass is 32.1. The lowest BCUT2D eigenvalue weighted by Crippen LogP contribution is -2.56. The Labute approximate surface area is 470 Å². The number of nitrogens with one attached hydrogen (secondary N) is 3. The number of ketones is 1. The van der Waals surface area contributed by atoms with E-state index in [-0.39, 0.29) is 97.4 Å². The number of nitrogens with zero attached hydrogens (tertiary/aromatic N) is 3. The fourth-order valence-electron chi connectivity index (χ4n) is 11.7. The van der Waals surface area contributed by atoms with Crippen molar-refractivity contribution in [3.63, 3.8) is 0 Å². The Kier molecular flexibility index (Phi) is 17.7. The van der Waals surface area contributed by atoms with Gasteiger partial charge in [-0.25, -0.2) is 0 Å². The third-order valence-electron chi connectivity index (χ3n) is 16.3. The number of hydrogen-bond donors (Lipinski definition) is 6. The Hall–Kier alpha value is -7.18. The standard InChI is InChI=1S/C58H64F2N7O12PS/c1-2-3-16-44(63-53(72)48-29-36-27-38(17-20-47(36)81-48)58(59,60)80(77,78)79)57(76)67-31-37-28-40(37)51(67)54(73)62-43(18-21-49(61)69)46(68)30-41(34-11-5-4-6-12-34)55(74)65-25-23-33(24-26-65)10-7-8-13-35-14-9-15-39-42(35)32-66(56(39)75)45-19-22-50(70)64-52(45)71/h4-6,9,11-12,14-15,17,20,27,29,33,37,40-41,43-45,51H,2-3,7,10,16,18-19,21-26,28,30-32H2,1H3,(H2,61,69)(H,62,73)(H,63,72)(H,64,70,71)(H2,77,78,79)/t37-,40-,41+,43+,44+,45?,51+/m1/s1. The second kappa shape index (κ2) is 24.5. The van der Waals surface area contributed by atoms with E-state index in [1.165, 1.54) is 21.9 Å². The van der Waals surface area contributed by atoms with Gasteiger partial charge in [-0.2, -0.15) is 8.78 Å². The van der Waals surface area contributed by atoms with Gasteiger partial charge in [0.15, 0.2) is 5.78 Å². The summed E-state index contributed by atoms with van der Waals surface area (Å²) in [7, 11) is -5.86. The molecule has 3 saturated heterocycles. The van der Waals surface area contributed by atoms with Gasteiger partial charge in [0.2, 0.25) is 35.4 Å². The fourth-order valence-corrected chi connectivity index (χ4v) is 13.1. The summed E-state index contributed by atoms with van der Waals surface area (Å²) in [5.41, 5.74) is 2.71. The molecule has 5 heterocycles. The van der Waals surface area contributed by atoms with Gasteiger partial charge in [-0.05, 0) is 110 Å². The number of amides is 8. The van der Waals surface area contributed by atoms with Crippen LogP contribution >= 0.6 is 18.9 Å². The molecular weight excluding hydrogens is 1090 g/mol. The summed E-state index contributed by atoms with van der Waals surface area (Å²) < 4.78 is 41.0. The second-order valence-electron chi connectivity index (χ2n) is 21.8. The highest BCUT2D eigenvalue weighted by molar-refractivity contribution is 7.52. The zero-order chi connectivity index (χ0) is 57.9. The van der Waals surface area contributed by atoms with Crippen molar-refractivity contribution in [1.82, 2.24) is 30.7 Å². The van der Waals surface area contributed by atoms with Crippen LogP contribution in [0.5, 0.6) is 0 Å². The van der Waals surface area contributed by atoms with Gasteiger partial charge in [-0.1, -0.05) is 74.1 Å². The first-order valence-electron chi connectivity index (χ1n) is 27.4. The monoisotopic (exact) mass is 1150 g/mol. The Balaban J connectivity index is 0.828. The van der Waals surface area contributed by atoms with E-state index in [9.17, 15) is 66.3 Å². The average molecular weight is 1150 g/mol. The summed E-state index contributed by atoms with van der Waals surface area (Å²) in [6.07, 6.45) is 4.41. The normalized spacial score (nSPS) is 21.0. The van der Waals surface area contributed by atoms with E-state index in [1.807, 2.05) is 13.0 Å². The number of likely N-dealkylation sites (tertiary alicyclic amines) is 2. The quantitative estimate of drug-likeness (QED) is 0.0339. The van der Waals surface area contributed by atoms with Crippen molar-refractivity contribution in [3.05, 3.63) is 105 Å². The molecule has 1 aliphatic carbocycles. The number of Topliss-reactive ketones (excluding diaryl/α,β-unsaturated/α-hetero) is 1. The minimum atomic E-state index is -5.86. The molecule has 19 nitrogen and oxygen atoms in total. The number of thiophene rings is 1. The molecule has 7 N–H and O–H groups in total. The maximum absolute atomic E-state index is 14.6. The topological polar surface area (TPSA) is 283 Å². The highest BCUT2D eigenvalue weighted by Gasteiger charge is 2.58. The molecule has 428 valence electrons. The summed E-state index contributed by atoms with van der Waals surface area (Å²) in [5.74, 6) is 1.12. The molecule has 0 bridgehead atoms. The van der Waals surface area contributed by atoms with E-state index in [2.05, 4.69) is 27.8 Å². The second-order valence-corrected chi connectivity index (χ2v) is 24.5. The van der Waals surface area contributed by atoms with Crippen molar-refractivity contribution < 1.29 is 66.3 Å². The number of carbonyl (C=O) groups excluding carboxylic acids is 9. The van der Waals surface area contributed by atoms with Gasteiger partial charge < -0.3 is 40.9 Å². The first kappa shape index (κ1) is 58.5. The van der Waals surface area contributed by atoms with Crippen molar-refractivity contribution in [2.75, 3.05) is 19.6 Å². The summed E-state index contributed by atoms with van der Waals surface area (Å²) in [6, 6.07) is 14.4. The first-order chi connectivity index (χ1) is 38.6. The molecule has 1 aromatic heterocycles. The van der Waals surface area contributed by atoms with Crippen LogP contribution in [0, 0.1) is 29.6 Å². The van der Waals surface area contributed by atoms with Crippen molar-refractivity contribution in [2.45, 2.75) is 133 Å². The molecule has 4 aromatic rings. The van der Waals surface area contributed by atoms with E-state index in [0.717, 1.165) is 35.5 Å². The van der Waals surface area contributed by atoms with Gasteiger partial charge in [0.05, 0.1) is 16.8 Å². The number of halogens is 2. The summed E-state index contributed by atoms with van der Waals surface area (Å²) in [6.45, 7) is 3.20. The summed E-state index contributed by atoms with van der Waals surface area (Å²) >= 11 is 0.938. The number of unbranched alkanes of at least 4 members (excludes halogenated alkanes) is 1. The maximum Gasteiger partial charge on any atom is 0.399 e. The molecule has 81 heavy (non-hydrogen) atoms. The molecule has 5 aliphatic rings. The van der Waals surface area contributed by atoms with Crippen molar-refractivity contribution >= 4 is 82.1 Å². The number of fused-ring (bicyclic) bond motifs is 3. The van der Waals surface area contributed by atoms with Crippen LogP contribution in [0.4, 0.5) is 8.78 Å². The van der Waals surface area contributed by atoms with E-state index < -0.39 is 84.2 Å². The van der Waals surface area contributed by atoms with Gasteiger partial charge in [-0.15, -0.1) is 11.3 Å². The van der Waals surface area contributed by atoms with Crippen LogP contribution in [0.25, 0.3) is 10.1 Å². The van der Waals surface area contributed by atoms with Crippen LogP contribution in [0.3, 0.4) is 0 Å². The number of imide groups is 1. The largest absolute Gasteiger partial charge is 0.399 e. The van der Waals surface area contributed by atoms with Gasteiger partial charge in [-0.3, -0.25) is 53.0 Å². The molecule has 7 atom stereocenters. The summed E-state index contributed by atoms with van der Waals surface area (Å²) in [5, 5.41) is 8.07. The number of piperidine rings is 3. The third kappa shape index (κ3) is 13.0. The van der Waals surface area contributed by atoms with Crippen molar-refractivity contribution in [2.24, 2.45) is 23.5 Å². The number of rotatable bonds is 21. The maximum atomic E-state index is 14.6. The van der Waals surface area contributed by atoms with Crippen LogP contribution in [0.15, 0.2) is 72.8 Å². The van der Waals surface area contributed by atoms with E-state index >= 15 is 0 Å². The Morgan fingerprint density at radius 3 is 2.38 bits per heavy atom. The zero-order valence-electron chi connectivity index (χ0n) is 44.6. The van der Waals surface area contributed by atoms with Gasteiger partial charge >= 0.3 is 13.3 Å².